The third kappa shape index (κ3) is 2.36. The van der Waals surface area contributed by atoms with E-state index in [9.17, 15) is 5.11 Å². The highest BCUT2D eigenvalue weighted by Gasteiger charge is 2.36. The average molecular weight is 254 g/mol. The van der Waals surface area contributed by atoms with Crippen LogP contribution in [0.15, 0.2) is 48.5 Å². The maximum absolute atomic E-state index is 10.3. The molecule has 2 nitrogen and oxygen atoms in total. The van der Waals surface area contributed by atoms with Gasteiger partial charge in [0, 0.05) is 24.8 Å². The van der Waals surface area contributed by atoms with Crippen LogP contribution in [0.2, 0.25) is 0 Å². The van der Waals surface area contributed by atoms with E-state index in [2.05, 4.69) is 25.1 Å². The van der Waals surface area contributed by atoms with Crippen LogP contribution in [0.4, 0.5) is 0 Å². The van der Waals surface area contributed by atoms with Crippen LogP contribution in [-0.4, -0.2) is 10.9 Å². The molecule has 1 unspecified atom stereocenters. The van der Waals surface area contributed by atoms with Crippen LogP contribution in [0.3, 0.4) is 0 Å². The molecule has 0 fully saturated rings. The van der Waals surface area contributed by atoms with Crippen molar-refractivity contribution < 1.29 is 9.84 Å². The van der Waals surface area contributed by atoms with Crippen molar-refractivity contribution in [2.24, 2.45) is 0 Å². The van der Waals surface area contributed by atoms with Crippen molar-refractivity contribution in [3.8, 4) is 5.75 Å². The highest BCUT2D eigenvalue weighted by molar-refractivity contribution is 5.46. The zero-order valence-electron chi connectivity index (χ0n) is 11.3. The number of hydrogen-bond acceptors (Lipinski definition) is 2. The van der Waals surface area contributed by atoms with E-state index in [1.54, 1.807) is 6.92 Å². The molecule has 3 rings (SSSR count). The first-order valence-corrected chi connectivity index (χ1v) is 6.62. The number of aryl methyl sites for hydroxylation is 1. The van der Waals surface area contributed by atoms with Gasteiger partial charge in [0.1, 0.15) is 5.75 Å². The van der Waals surface area contributed by atoms with Gasteiger partial charge in [0.25, 0.3) is 0 Å². The molecule has 0 aliphatic carbocycles. The van der Waals surface area contributed by atoms with Gasteiger partial charge < -0.3 is 9.84 Å². The first-order chi connectivity index (χ1) is 9.05. The van der Waals surface area contributed by atoms with E-state index in [1.807, 2.05) is 30.3 Å². The van der Waals surface area contributed by atoms with Gasteiger partial charge >= 0.3 is 0 Å². The fraction of sp³-hybridized carbons (Fsp3) is 0.294. The number of fused-ring (bicyclic) bond motifs is 1. The molecule has 0 aromatic heterocycles. The first kappa shape index (κ1) is 12.2. The third-order valence-electron chi connectivity index (χ3n) is 3.66. The molecule has 2 atom stereocenters. The summed E-state index contributed by atoms with van der Waals surface area (Å²) in [5, 5.41) is 10.3. The Bertz CT molecular complexity index is 587. The van der Waals surface area contributed by atoms with Gasteiger partial charge in [-0.3, -0.25) is 0 Å². The van der Waals surface area contributed by atoms with Crippen LogP contribution in [0.5, 0.6) is 5.75 Å². The number of aliphatic hydroxyl groups is 1. The van der Waals surface area contributed by atoms with Crippen LogP contribution < -0.4 is 4.74 Å². The van der Waals surface area contributed by atoms with Gasteiger partial charge in [-0.2, -0.15) is 0 Å². The highest BCUT2D eigenvalue weighted by Crippen LogP contribution is 2.43. The molecule has 98 valence electrons. The van der Waals surface area contributed by atoms with Crippen LogP contribution in [0.1, 0.15) is 36.0 Å². The summed E-state index contributed by atoms with van der Waals surface area (Å²) in [4.78, 5) is 0. The minimum Gasteiger partial charge on any atom is -0.463 e. The molecular weight excluding hydrogens is 236 g/mol. The molecule has 2 aromatic rings. The fourth-order valence-electron chi connectivity index (χ4n) is 2.78. The van der Waals surface area contributed by atoms with E-state index >= 15 is 0 Å². The smallest absolute Gasteiger partial charge is 0.206 e. The van der Waals surface area contributed by atoms with Crippen LogP contribution in [0, 0.1) is 6.92 Å². The molecule has 19 heavy (non-hydrogen) atoms. The van der Waals surface area contributed by atoms with E-state index in [0.717, 1.165) is 11.3 Å². The summed E-state index contributed by atoms with van der Waals surface area (Å²) >= 11 is 0. The summed E-state index contributed by atoms with van der Waals surface area (Å²) in [5.41, 5.74) is 3.60. The Morgan fingerprint density at radius 1 is 1.16 bits per heavy atom. The van der Waals surface area contributed by atoms with Gasteiger partial charge in [-0.25, -0.2) is 0 Å². The van der Waals surface area contributed by atoms with Crippen molar-refractivity contribution in [1.82, 2.24) is 0 Å². The predicted octanol–water partition coefficient (Wildman–Crippen LogP) is 3.62. The zero-order valence-corrected chi connectivity index (χ0v) is 11.3. The van der Waals surface area contributed by atoms with E-state index in [1.165, 1.54) is 11.1 Å². The Morgan fingerprint density at radius 3 is 2.63 bits per heavy atom. The molecule has 0 amide bonds. The average Bonchev–Trinajstić information content (AvgIpc) is 2.39. The lowest BCUT2D eigenvalue weighted by atomic mass is 9.83. The highest BCUT2D eigenvalue weighted by atomic mass is 16.6. The molecule has 1 heterocycles. The summed E-state index contributed by atoms with van der Waals surface area (Å²) in [7, 11) is 0. The Kier molecular flexibility index (Phi) is 2.83. The molecule has 0 bridgehead atoms. The Balaban J connectivity index is 2.12. The zero-order chi connectivity index (χ0) is 13.5. The molecule has 1 aliphatic rings. The quantitative estimate of drug-likeness (QED) is 0.842. The van der Waals surface area contributed by atoms with E-state index in [4.69, 9.17) is 4.74 Å². The van der Waals surface area contributed by atoms with Gasteiger partial charge in [0.15, 0.2) is 0 Å². The van der Waals surface area contributed by atoms with Crippen molar-refractivity contribution >= 4 is 0 Å². The molecule has 0 saturated carbocycles. The third-order valence-corrected chi connectivity index (χ3v) is 3.66. The Hall–Kier alpha value is -1.80. The van der Waals surface area contributed by atoms with Crippen molar-refractivity contribution in [2.45, 2.75) is 32.0 Å². The molecule has 0 radical (unpaired) electrons. The molecule has 0 saturated heterocycles. The lowest BCUT2D eigenvalue weighted by Crippen LogP contribution is -2.38. The lowest BCUT2D eigenvalue weighted by molar-refractivity contribution is -0.137. The lowest BCUT2D eigenvalue weighted by Gasteiger charge is -2.36. The van der Waals surface area contributed by atoms with Crippen LogP contribution in [0.25, 0.3) is 0 Å². The molecular formula is C17H18O2. The molecule has 2 heteroatoms. The monoisotopic (exact) mass is 254 g/mol. The van der Waals surface area contributed by atoms with E-state index in [-0.39, 0.29) is 5.92 Å². The first-order valence-electron chi connectivity index (χ1n) is 6.62. The molecule has 0 spiro atoms. The summed E-state index contributed by atoms with van der Waals surface area (Å²) in [5.74, 6) is -0.140. The number of hydrogen-bond donors (Lipinski definition) is 1. The maximum atomic E-state index is 10.3. The number of rotatable bonds is 1. The summed E-state index contributed by atoms with van der Waals surface area (Å²) in [6.07, 6.45) is 0.577. The number of benzene rings is 2. The van der Waals surface area contributed by atoms with Crippen molar-refractivity contribution in [3.05, 3.63) is 65.2 Å². The Labute approximate surface area is 113 Å². The minimum absolute atomic E-state index is 0.180. The van der Waals surface area contributed by atoms with Gasteiger partial charge in [-0.15, -0.1) is 0 Å². The molecule has 2 aromatic carbocycles. The predicted molar refractivity (Wildman–Crippen MR) is 75.3 cm³/mol. The summed E-state index contributed by atoms with van der Waals surface area (Å²) < 4.78 is 5.68. The normalized spacial score (nSPS) is 25.5. The molecule has 1 N–H and O–H groups in total. The second-order valence-electron chi connectivity index (χ2n) is 5.49. The van der Waals surface area contributed by atoms with Crippen molar-refractivity contribution in [1.29, 1.82) is 0 Å². The number of ether oxygens (including phenoxy) is 1. The largest absolute Gasteiger partial charge is 0.463 e. The summed E-state index contributed by atoms with van der Waals surface area (Å²) in [6.45, 7) is 3.81. The van der Waals surface area contributed by atoms with Gasteiger partial charge in [0.05, 0.1) is 0 Å². The maximum Gasteiger partial charge on any atom is 0.206 e. The van der Waals surface area contributed by atoms with E-state index < -0.39 is 5.79 Å². The fourth-order valence-corrected chi connectivity index (χ4v) is 2.78. The Morgan fingerprint density at radius 2 is 1.89 bits per heavy atom. The summed E-state index contributed by atoms with van der Waals surface area (Å²) in [6, 6.07) is 16.4. The molecule has 1 aliphatic heterocycles. The van der Waals surface area contributed by atoms with Crippen LogP contribution >= 0.6 is 0 Å². The standard InChI is InChI=1S/C17H18O2/c1-12-8-9-16-14(10-12)15(11-17(2,18)19-16)13-6-4-3-5-7-13/h3-10,15,18H,11H2,1-2H3/t15-,17?/m1/s1. The second-order valence-corrected chi connectivity index (χ2v) is 5.49. The van der Waals surface area contributed by atoms with Crippen molar-refractivity contribution in [2.75, 3.05) is 0 Å². The van der Waals surface area contributed by atoms with Crippen molar-refractivity contribution in [3.63, 3.8) is 0 Å². The van der Waals surface area contributed by atoms with Crippen LogP contribution in [-0.2, 0) is 0 Å². The van der Waals surface area contributed by atoms with Gasteiger partial charge in [-0.1, -0.05) is 48.0 Å². The van der Waals surface area contributed by atoms with E-state index in [0.29, 0.717) is 6.42 Å². The topological polar surface area (TPSA) is 29.5 Å². The minimum atomic E-state index is -1.11. The van der Waals surface area contributed by atoms with Gasteiger partial charge in [-0.05, 0) is 18.6 Å². The second kappa shape index (κ2) is 4.39. The SMILES string of the molecule is Cc1ccc2c(c1)[C@@H](c1ccccc1)CC(C)(O)O2. The van der Waals surface area contributed by atoms with Gasteiger partial charge in [0.2, 0.25) is 5.79 Å².